The Labute approximate surface area is 182 Å². The van der Waals surface area contributed by atoms with Gasteiger partial charge in [0.1, 0.15) is 11.6 Å². The number of hydrogen-bond donors (Lipinski definition) is 1. The van der Waals surface area contributed by atoms with Crippen molar-refractivity contribution in [3.05, 3.63) is 66.9 Å². The van der Waals surface area contributed by atoms with Gasteiger partial charge >= 0.3 is 0 Å². The minimum Gasteiger partial charge on any atom is -0.366 e. The van der Waals surface area contributed by atoms with Crippen LogP contribution in [0.4, 0.5) is 11.6 Å². The topological polar surface area (TPSA) is 62.1 Å². The monoisotopic (exact) mass is 413 g/mol. The van der Waals surface area contributed by atoms with E-state index in [1.165, 1.54) is 5.56 Å². The van der Waals surface area contributed by atoms with Crippen LogP contribution in [0.2, 0.25) is 0 Å². The third-order valence-corrected chi connectivity index (χ3v) is 5.94. The minimum absolute atomic E-state index is 0.711. The first kappa shape index (κ1) is 19.5. The van der Waals surface area contributed by atoms with E-state index in [1.807, 2.05) is 36.5 Å². The van der Waals surface area contributed by atoms with E-state index in [9.17, 15) is 0 Å². The zero-order chi connectivity index (χ0) is 21.2. The van der Waals surface area contributed by atoms with Crippen LogP contribution in [0.1, 0.15) is 5.56 Å². The van der Waals surface area contributed by atoms with Crippen LogP contribution in [0.25, 0.3) is 22.0 Å². The molecule has 0 radical (unpaired) electrons. The van der Waals surface area contributed by atoms with E-state index in [1.54, 1.807) is 0 Å². The van der Waals surface area contributed by atoms with Crippen molar-refractivity contribution in [2.45, 2.75) is 6.54 Å². The van der Waals surface area contributed by atoms with E-state index in [0.29, 0.717) is 6.54 Å². The predicted molar refractivity (Wildman–Crippen MR) is 125 cm³/mol. The van der Waals surface area contributed by atoms with Crippen molar-refractivity contribution in [2.75, 3.05) is 43.4 Å². The van der Waals surface area contributed by atoms with Crippen LogP contribution >= 0.6 is 0 Å². The van der Waals surface area contributed by atoms with Gasteiger partial charge in [-0.1, -0.05) is 12.1 Å². The average molecular weight is 414 g/mol. The SMILES string of the molecule is CN1CCN(c2cc(CNc3cc4cc(-c5cncn5C)ccc4cn3)ccn2)CC1. The lowest BCUT2D eigenvalue weighted by molar-refractivity contribution is 0.312. The van der Waals surface area contributed by atoms with Gasteiger partial charge in [-0.2, -0.15) is 0 Å². The molecule has 1 aromatic carbocycles. The number of hydrogen-bond acceptors (Lipinski definition) is 6. The molecular formula is C24H27N7. The molecule has 0 spiro atoms. The van der Waals surface area contributed by atoms with E-state index < -0.39 is 0 Å². The predicted octanol–water partition coefficient (Wildman–Crippen LogP) is 3.39. The fourth-order valence-electron chi connectivity index (χ4n) is 4.00. The maximum atomic E-state index is 4.59. The largest absolute Gasteiger partial charge is 0.366 e. The van der Waals surface area contributed by atoms with Crippen molar-refractivity contribution in [1.29, 1.82) is 0 Å². The molecule has 0 unspecified atom stereocenters. The fourth-order valence-corrected chi connectivity index (χ4v) is 4.00. The number of imidazole rings is 1. The summed E-state index contributed by atoms with van der Waals surface area (Å²) in [6, 6.07) is 12.8. The fraction of sp³-hybridized carbons (Fsp3) is 0.292. The van der Waals surface area contributed by atoms with Crippen LogP contribution in [0.3, 0.4) is 0 Å². The molecule has 3 aromatic heterocycles. The molecule has 7 heteroatoms. The van der Waals surface area contributed by atoms with E-state index in [2.05, 4.69) is 73.5 Å². The Morgan fingerprint density at radius 2 is 1.77 bits per heavy atom. The van der Waals surface area contributed by atoms with E-state index >= 15 is 0 Å². The Morgan fingerprint density at radius 1 is 0.903 bits per heavy atom. The highest BCUT2D eigenvalue weighted by atomic mass is 15.3. The minimum atomic E-state index is 0.711. The van der Waals surface area contributed by atoms with Crippen molar-refractivity contribution in [3.63, 3.8) is 0 Å². The van der Waals surface area contributed by atoms with Crippen LogP contribution < -0.4 is 10.2 Å². The second-order valence-corrected chi connectivity index (χ2v) is 8.19. The number of piperazine rings is 1. The molecule has 158 valence electrons. The summed E-state index contributed by atoms with van der Waals surface area (Å²) in [4.78, 5) is 18.1. The number of pyridine rings is 2. The van der Waals surface area contributed by atoms with E-state index in [0.717, 1.165) is 59.8 Å². The van der Waals surface area contributed by atoms with Crippen LogP contribution in [0.5, 0.6) is 0 Å². The number of anilines is 2. The van der Waals surface area contributed by atoms with Gasteiger partial charge in [0, 0.05) is 63.1 Å². The first-order chi connectivity index (χ1) is 15.2. The standard InChI is InChI=1S/C24H27N7/c1-29-7-9-31(10-8-29)24-11-18(5-6-26-24)14-27-23-13-21-12-19(3-4-20(21)15-28-23)22-16-25-17-30(22)2/h3-6,11-13,15-17H,7-10,14H2,1-2H3,(H,27,28). The van der Waals surface area contributed by atoms with Crippen LogP contribution in [-0.2, 0) is 13.6 Å². The molecular weight excluding hydrogens is 386 g/mol. The van der Waals surface area contributed by atoms with Gasteiger partial charge in [-0.3, -0.25) is 0 Å². The highest BCUT2D eigenvalue weighted by Gasteiger charge is 2.15. The van der Waals surface area contributed by atoms with Gasteiger partial charge in [-0.05, 0) is 42.3 Å². The number of nitrogens with one attached hydrogen (secondary N) is 1. The number of likely N-dealkylation sites (N-methyl/N-ethyl adjacent to an activating group) is 1. The second kappa shape index (κ2) is 8.35. The molecule has 0 bridgehead atoms. The molecule has 0 amide bonds. The highest BCUT2D eigenvalue weighted by Crippen LogP contribution is 2.25. The van der Waals surface area contributed by atoms with Crippen LogP contribution in [-0.4, -0.2) is 57.6 Å². The number of aromatic nitrogens is 4. The molecule has 4 aromatic rings. The second-order valence-electron chi connectivity index (χ2n) is 8.19. The van der Waals surface area contributed by atoms with Gasteiger partial charge in [-0.25, -0.2) is 15.0 Å². The van der Waals surface area contributed by atoms with Crippen molar-refractivity contribution >= 4 is 22.4 Å². The Bertz CT molecular complexity index is 1190. The third kappa shape index (κ3) is 4.22. The summed E-state index contributed by atoms with van der Waals surface area (Å²) < 4.78 is 2.03. The lowest BCUT2D eigenvalue weighted by atomic mass is 10.1. The number of rotatable bonds is 5. The molecule has 1 aliphatic rings. The summed E-state index contributed by atoms with van der Waals surface area (Å²) >= 11 is 0. The third-order valence-electron chi connectivity index (χ3n) is 5.94. The summed E-state index contributed by atoms with van der Waals surface area (Å²) in [6.45, 7) is 4.90. The summed E-state index contributed by atoms with van der Waals surface area (Å²) in [6.07, 6.45) is 7.54. The summed E-state index contributed by atoms with van der Waals surface area (Å²) in [5.74, 6) is 1.92. The Hall–Kier alpha value is -3.45. The van der Waals surface area contributed by atoms with Crippen LogP contribution in [0.15, 0.2) is 61.3 Å². The molecule has 7 nitrogen and oxygen atoms in total. The zero-order valence-electron chi connectivity index (χ0n) is 18.0. The van der Waals surface area contributed by atoms with E-state index in [4.69, 9.17) is 0 Å². The molecule has 5 rings (SSSR count). The van der Waals surface area contributed by atoms with Crippen molar-refractivity contribution < 1.29 is 0 Å². The maximum absolute atomic E-state index is 4.59. The van der Waals surface area contributed by atoms with Gasteiger partial charge < -0.3 is 19.7 Å². The molecule has 31 heavy (non-hydrogen) atoms. The smallest absolute Gasteiger partial charge is 0.128 e. The summed E-state index contributed by atoms with van der Waals surface area (Å²) in [5.41, 5.74) is 3.45. The maximum Gasteiger partial charge on any atom is 0.128 e. The molecule has 0 atom stereocenters. The zero-order valence-corrected chi connectivity index (χ0v) is 18.0. The van der Waals surface area contributed by atoms with E-state index in [-0.39, 0.29) is 0 Å². The molecule has 0 aliphatic carbocycles. The first-order valence-corrected chi connectivity index (χ1v) is 10.6. The molecule has 0 saturated carbocycles. The number of nitrogens with zero attached hydrogens (tertiary/aromatic N) is 6. The highest BCUT2D eigenvalue weighted by molar-refractivity contribution is 5.88. The molecule has 1 N–H and O–H groups in total. The van der Waals surface area contributed by atoms with Gasteiger partial charge in [0.25, 0.3) is 0 Å². The lowest BCUT2D eigenvalue weighted by Gasteiger charge is -2.33. The molecule has 1 fully saturated rings. The quantitative estimate of drug-likeness (QED) is 0.541. The van der Waals surface area contributed by atoms with Crippen molar-refractivity contribution in [3.8, 4) is 11.3 Å². The van der Waals surface area contributed by atoms with Gasteiger partial charge in [0.15, 0.2) is 0 Å². The van der Waals surface area contributed by atoms with Crippen molar-refractivity contribution in [1.82, 2.24) is 24.4 Å². The Morgan fingerprint density at radius 3 is 2.58 bits per heavy atom. The van der Waals surface area contributed by atoms with Gasteiger partial charge in [0.05, 0.1) is 18.2 Å². The molecule has 1 aliphatic heterocycles. The number of fused-ring (bicyclic) bond motifs is 1. The molecule has 4 heterocycles. The normalized spacial score (nSPS) is 14.8. The Balaban J connectivity index is 1.31. The average Bonchev–Trinajstić information content (AvgIpc) is 3.23. The van der Waals surface area contributed by atoms with Crippen molar-refractivity contribution in [2.24, 2.45) is 7.05 Å². The Kier molecular flexibility index (Phi) is 5.26. The summed E-state index contributed by atoms with van der Waals surface area (Å²) in [5, 5.41) is 5.75. The van der Waals surface area contributed by atoms with Crippen LogP contribution in [0, 0.1) is 0 Å². The lowest BCUT2D eigenvalue weighted by Crippen LogP contribution is -2.44. The molecule has 1 saturated heterocycles. The van der Waals surface area contributed by atoms with Gasteiger partial charge in [0.2, 0.25) is 0 Å². The first-order valence-electron chi connectivity index (χ1n) is 10.6. The number of benzene rings is 1. The number of aryl methyl sites for hydroxylation is 1. The van der Waals surface area contributed by atoms with Gasteiger partial charge in [-0.15, -0.1) is 0 Å². The summed E-state index contributed by atoms with van der Waals surface area (Å²) in [7, 11) is 4.18.